The highest BCUT2D eigenvalue weighted by atomic mass is 16.7. The fourth-order valence-electron chi connectivity index (χ4n) is 2.37. The van der Waals surface area contributed by atoms with Gasteiger partial charge in [-0.3, -0.25) is 4.79 Å². The molecule has 27 heavy (non-hydrogen) atoms. The molecule has 1 heterocycles. The van der Waals surface area contributed by atoms with E-state index in [1.807, 2.05) is 54.5 Å². The van der Waals surface area contributed by atoms with E-state index in [1.54, 1.807) is 10.9 Å². The lowest BCUT2D eigenvalue weighted by Gasteiger charge is -2.32. The Bertz CT molecular complexity index is 537. The Kier molecular flexibility index (Phi) is 7.93. The molecule has 0 aromatic carbocycles. The number of carbonyl (C=O) groups is 2. The molecule has 0 N–H and O–H groups in total. The molecule has 0 unspecified atom stereocenters. The first kappa shape index (κ1) is 23.5. The summed E-state index contributed by atoms with van der Waals surface area (Å²) < 4.78 is 21.9. The van der Waals surface area contributed by atoms with Crippen LogP contribution in [0.5, 0.6) is 0 Å². The summed E-state index contributed by atoms with van der Waals surface area (Å²) in [6.07, 6.45) is 2.14. The molecule has 0 radical (unpaired) electrons. The molecule has 7 nitrogen and oxygen atoms in total. The summed E-state index contributed by atoms with van der Waals surface area (Å²) in [6, 6.07) is 0. The lowest BCUT2D eigenvalue weighted by atomic mass is 9.90. The molecule has 0 spiro atoms. The number of hydrogen-bond acceptors (Lipinski definition) is 6. The first-order chi connectivity index (χ1) is 12.3. The summed E-state index contributed by atoms with van der Waals surface area (Å²) in [4.78, 5) is 25.3. The van der Waals surface area contributed by atoms with E-state index >= 15 is 0 Å². The Hall–Kier alpha value is -1.54. The molecule has 8 heteroatoms. The van der Waals surface area contributed by atoms with E-state index in [9.17, 15) is 9.59 Å². The third kappa shape index (κ3) is 7.54. The van der Waals surface area contributed by atoms with E-state index in [0.717, 1.165) is 0 Å². The topological polar surface area (TPSA) is 74.3 Å². The van der Waals surface area contributed by atoms with Gasteiger partial charge >= 0.3 is 19.2 Å². The van der Waals surface area contributed by atoms with Crippen molar-refractivity contribution >= 4 is 19.2 Å². The van der Waals surface area contributed by atoms with Crippen LogP contribution in [-0.2, 0) is 23.6 Å². The molecule has 0 bridgehead atoms. The van der Waals surface area contributed by atoms with Gasteiger partial charge in [0.25, 0.3) is 0 Å². The zero-order chi connectivity index (χ0) is 20.9. The second-order valence-corrected chi connectivity index (χ2v) is 8.66. The van der Waals surface area contributed by atoms with Crippen molar-refractivity contribution in [3.63, 3.8) is 0 Å². The summed E-state index contributed by atoms with van der Waals surface area (Å²) in [5.74, 6) is 1.50. The van der Waals surface area contributed by atoms with Crippen LogP contribution in [0.3, 0.4) is 0 Å². The SMILES string of the molecule is COC(=O)CCCN(C/C=C/B1OC(C)(C)C(C)(C)O1)C(=O)OC(C)(C)C. The molecule has 1 amide bonds. The fourth-order valence-corrected chi connectivity index (χ4v) is 2.37. The van der Waals surface area contributed by atoms with Gasteiger partial charge in [0.1, 0.15) is 5.60 Å². The zero-order valence-corrected chi connectivity index (χ0v) is 18.0. The highest BCUT2D eigenvalue weighted by Gasteiger charge is 2.50. The van der Waals surface area contributed by atoms with E-state index in [1.165, 1.54) is 7.11 Å². The molecule has 1 aliphatic heterocycles. The Morgan fingerprint density at radius 2 is 1.67 bits per heavy atom. The smallest absolute Gasteiger partial charge is 0.469 e. The zero-order valence-electron chi connectivity index (χ0n) is 18.0. The summed E-state index contributed by atoms with van der Waals surface area (Å²) >= 11 is 0. The van der Waals surface area contributed by atoms with Crippen molar-refractivity contribution in [2.24, 2.45) is 0 Å². The van der Waals surface area contributed by atoms with E-state index in [-0.39, 0.29) is 12.4 Å². The summed E-state index contributed by atoms with van der Waals surface area (Å²) in [5.41, 5.74) is -1.41. The molecule has 0 atom stereocenters. The van der Waals surface area contributed by atoms with Crippen LogP contribution in [0, 0.1) is 0 Å². The average molecular weight is 383 g/mol. The highest BCUT2D eigenvalue weighted by molar-refractivity contribution is 6.51. The lowest BCUT2D eigenvalue weighted by Crippen LogP contribution is -2.41. The van der Waals surface area contributed by atoms with Gasteiger partial charge in [0.15, 0.2) is 0 Å². The number of carbonyl (C=O) groups excluding carboxylic acids is 2. The maximum Gasteiger partial charge on any atom is 0.486 e. The standard InChI is InChI=1S/C19H34BNO6/c1-17(2,3)25-16(23)21(13-9-11-15(22)24-8)14-10-12-20-26-18(4,5)19(6,7)27-20/h10,12H,9,11,13-14H2,1-8H3/b12-10+. The van der Waals surface area contributed by atoms with Crippen LogP contribution in [0.4, 0.5) is 4.79 Å². The lowest BCUT2D eigenvalue weighted by molar-refractivity contribution is -0.140. The minimum absolute atomic E-state index is 0.247. The first-order valence-corrected chi connectivity index (χ1v) is 9.34. The van der Waals surface area contributed by atoms with Gasteiger partial charge in [-0.15, -0.1) is 0 Å². The minimum atomic E-state index is -0.590. The fraction of sp³-hybridized carbons (Fsp3) is 0.789. The van der Waals surface area contributed by atoms with Gasteiger partial charge in [0.05, 0.1) is 18.3 Å². The maximum absolute atomic E-state index is 12.4. The maximum atomic E-state index is 12.4. The summed E-state index contributed by atoms with van der Waals surface area (Å²) in [6.45, 7) is 14.1. The van der Waals surface area contributed by atoms with E-state index in [4.69, 9.17) is 14.0 Å². The van der Waals surface area contributed by atoms with Crippen molar-refractivity contribution in [1.29, 1.82) is 0 Å². The monoisotopic (exact) mass is 383 g/mol. The number of ether oxygens (including phenoxy) is 2. The van der Waals surface area contributed by atoms with Gasteiger partial charge in [0.2, 0.25) is 0 Å². The Morgan fingerprint density at radius 3 is 2.15 bits per heavy atom. The summed E-state index contributed by atoms with van der Waals surface area (Å²) in [5, 5.41) is 0. The average Bonchev–Trinajstić information content (AvgIpc) is 2.70. The number of hydrogen-bond donors (Lipinski definition) is 0. The van der Waals surface area contributed by atoms with Crippen molar-refractivity contribution in [2.45, 2.75) is 78.1 Å². The molecule has 0 aliphatic carbocycles. The molecular weight excluding hydrogens is 349 g/mol. The van der Waals surface area contributed by atoms with Crippen molar-refractivity contribution in [3.05, 3.63) is 12.1 Å². The molecule has 154 valence electrons. The van der Waals surface area contributed by atoms with Gasteiger partial charge < -0.3 is 23.7 Å². The molecule has 0 aromatic heterocycles. The molecule has 0 saturated carbocycles. The van der Waals surface area contributed by atoms with Crippen LogP contribution in [0.2, 0.25) is 0 Å². The van der Waals surface area contributed by atoms with Crippen molar-refractivity contribution in [1.82, 2.24) is 4.90 Å². The molecule has 1 fully saturated rings. The van der Waals surface area contributed by atoms with Gasteiger partial charge in [-0.25, -0.2) is 4.79 Å². The predicted octanol–water partition coefficient (Wildman–Crippen LogP) is 3.36. The molecule has 1 saturated heterocycles. The van der Waals surface area contributed by atoms with Crippen molar-refractivity contribution in [2.75, 3.05) is 20.2 Å². The van der Waals surface area contributed by atoms with Crippen LogP contribution in [0.1, 0.15) is 61.3 Å². The number of methoxy groups -OCH3 is 1. The number of amides is 1. The van der Waals surface area contributed by atoms with Gasteiger partial charge in [0, 0.05) is 19.5 Å². The Balaban J connectivity index is 2.67. The van der Waals surface area contributed by atoms with Crippen molar-refractivity contribution in [3.8, 4) is 0 Å². The number of rotatable bonds is 7. The predicted molar refractivity (Wildman–Crippen MR) is 104 cm³/mol. The number of nitrogens with zero attached hydrogens (tertiary/aromatic N) is 1. The third-order valence-corrected chi connectivity index (χ3v) is 4.58. The van der Waals surface area contributed by atoms with Gasteiger partial charge in [-0.2, -0.15) is 0 Å². The van der Waals surface area contributed by atoms with E-state index in [2.05, 4.69) is 4.74 Å². The molecule has 1 rings (SSSR count). The van der Waals surface area contributed by atoms with Crippen LogP contribution in [0.15, 0.2) is 12.1 Å². The van der Waals surface area contributed by atoms with Crippen LogP contribution in [0.25, 0.3) is 0 Å². The van der Waals surface area contributed by atoms with E-state index in [0.29, 0.717) is 19.5 Å². The molecular formula is C19H34BNO6. The minimum Gasteiger partial charge on any atom is -0.469 e. The quantitative estimate of drug-likeness (QED) is 0.496. The number of esters is 1. The third-order valence-electron chi connectivity index (χ3n) is 4.58. The van der Waals surface area contributed by atoms with Crippen molar-refractivity contribution < 1.29 is 28.4 Å². The van der Waals surface area contributed by atoms with Crippen LogP contribution < -0.4 is 0 Å². The first-order valence-electron chi connectivity index (χ1n) is 9.34. The van der Waals surface area contributed by atoms with E-state index < -0.39 is 30.0 Å². The molecule has 0 aromatic rings. The Labute approximate surface area is 163 Å². The summed E-state index contributed by atoms with van der Waals surface area (Å²) in [7, 11) is 0.881. The largest absolute Gasteiger partial charge is 0.486 e. The van der Waals surface area contributed by atoms with Crippen LogP contribution >= 0.6 is 0 Å². The second-order valence-electron chi connectivity index (χ2n) is 8.66. The Morgan fingerprint density at radius 1 is 1.11 bits per heavy atom. The van der Waals surface area contributed by atoms with Gasteiger partial charge in [-0.05, 0) is 54.9 Å². The molecule has 1 aliphatic rings. The highest BCUT2D eigenvalue weighted by Crippen LogP contribution is 2.36. The normalized spacial score (nSPS) is 18.6. The van der Waals surface area contributed by atoms with Gasteiger partial charge in [-0.1, -0.05) is 12.1 Å². The second kappa shape index (κ2) is 9.10. The van der Waals surface area contributed by atoms with Crippen LogP contribution in [-0.4, -0.2) is 61.1 Å².